The van der Waals surface area contributed by atoms with Crippen molar-refractivity contribution in [2.75, 3.05) is 0 Å². The van der Waals surface area contributed by atoms with Crippen LogP contribution in [0.4, 0.5) is 0 Å². The summed E-state index contributed by atoms with van der Waals surface area (Å²) in [5.74, 6) is 0.542. The van der Waals surface area contributed by atoms with Crippen LogP contribution in [0.2, 0.25) is 0 Å². The van der Waals surface area contributed by atoms with E-state index in [0.717, 1.165) is 82.5 Å². The number of para-hydroxylation sites is 2. The summed E-state index contributed by atoms with van der Waals surface area (Å²) >= 11 is 0. The van der Waals surface area contributed by atoms with Crippen molar-refractivity contribution in [1.29, 1.82) is 5.26 Å². The second-order valence-electron chi connectivity index (χ2n) is 17.4. The maximum atomic E-state index is 10.2. The third kappa shape index (κ3) is 5.03. The molecule has 0 bridgehead atoms. The molecule has 0 fully saturated rings. The van der Waals surface area contributed by atoms with E-state index in [2.05, 4.69) is 128 Å². The Kier molecular flexibility index (Phi) is 7.65. The van der Waals surface area contributed by atoms with Gasteiger partial charge in [0.2, 0.25) is 0 Å². The molecule has 6 heteroatoms. The molecule has 4 heterocycles. The lowest BCUT2D eigenvalue weighted by atomic mass is 9.70. The Morgan fingerprint density at radius 3 is 1.94 bits per heavy atom. The van der Waals surface area contributed by atoms with Gasteiger partial charge in [0, 0.05) is 37.9 Å². The molecule has 0 amide bonds. The molecular weight excluding hydrogens is 823 g/mol. The van der Waals surface area contributed by atoms with Gasteiger partial charge in [-0.25, -0.2) is 9.97 Å². The molecule has 6 nitrogen and oxygen atoms in total. The molecule has 0 N–H and O–H groups in total. The largest absolute Gasteiger partial charge is 0.457 e. The molecule has 1 spiro atoms. The topological polar surface area (TPSA) is 89.0 Å². The van der Waals surface area contributed by atoms with E-state index in [0.29, 0.717) is 39.2 Å². The van der Waals surface area contributed by atoms with Crippen molar-refractivity contribution < 1.29 is 13.3 Å². The highest BCUT2D eigenvalue weighted by atomic mass is 16.3. The van der Waals surface area contributed by atoms with Gasteiger partial charge in [0.15, 0.2) is 11.4 Å². The molecule has 0 saturated carbocycles. The zero-order valence-corrected chi connectivity index (χ0v) is 36.1. The number of allylic oxidation sites excluding steroid dienone is 2. The van der Waals surface area contributed by atoms with Crippen LogP contribution in [-0.4, -0.2) is 9.97 Å². The normalized spacial score (nSPS) is 13.8. The molecule has 2 aliphatic carbocycles. The Morgan fingerprint density at radius 1 is 0.552 bits per heavy atom. The Hall–Kier alpha value is -9.05. The molecule has 312 valence electrons. The van der Waals surface area contributed by atoms with Crippen LogP contribution in [0.1, 0.15) is 40.4 Å². The van der Waals surface area contributed by atoms with E-state index >= 15 is 0 Å². The lowest BCUT2D eigenvalue weighted by molar-refractivity contribution is 0.577. The second-order valence-corrected chi connectivity index (χ2v) is 17.4. The minimum Gasteiger partial charge on any atom is -0.457 e. The smallest absolute Gasteiger partial charge is 0.180 e. The summed E-state index contributed by atoms with van der Waals surface area (Å²) in [6.07, 6.45) is 4.07. The van der Waals surface area contributed by atoms with Crippen molar-refractivity contribution in [1.82, 2.24) is 9.97 Å². The fourth-order valence-electron chi connectivity index (χ4n) is 11.3. The Morgan fingerprint density at radius 2 is 1.16 bits per heavy atom. The number of fused-ring (bicyclic) bond motifs is 17. The number of hydrogen-bond donors (Lipinski definition) is 0. The van der Waals surface area contributed by atoms with E-state index in [-0.39, 0.29) is 0 Å². The van der Waals surface area contributed by atoms with Crippen LogP contribution < -0.4 is 10.6 Å². The number of hydrogen-bond acceptors (Lipinski definition) is 6. The lowest BCUT2D eigenvalue weighted by Gasteiger charge is -2.30. The van der Waals surface area contributed by atoms with Crippen molar-refractivity contribution in [2.24, 2.45) is 0 Å². The first kappa shape index (κ1) is 37.3. The number of nitrogens with zero attached hydrogens (tertiary/aromatic N) is 3. The first-order valence-electron chi connectivity index (χ1n) is 22.4. The summed E-state index contributed by atoms with van der Waals surface area (Å²) in [5.41, 5.74) is 18.7. The van der Waals surface area contributed by atoms with E-state index in [4.69, 9.17) is 23.2 Å². The highest BCUT2D eigenvalue weighted by Crippen LogP contribution is 2.63. The molecule has 12 aromatic rings. The Labute approximate surface area is 383 Å². The third-order valence-electron chi connectivity index (χ3n) is 14.0. The molecule has 0 aliphatic heterocycles. The maximum absolute atomic E-state index is 10.2. The number of furan rings is 3. The van der Waals surface area contributed by atoms with Crippen LogP contribution >= 0.6 is 0 Å². The first-order valence-corrected chi connectivity index (χ1v) is 22.4. The summed E-state index contributed by atoms with van der Waals surface area (Å²) in [7, 11) is 0. The van der Waals surface area contributed by atoms with E-state index in [1.807, 2.05) is 73.7 Å². The summed E-state index contributed by atoms with van der Waals surface area (Å²) in [4.78, 5) is 10.9. The van der Waals surface area contributed by atoms with Crippen LogP contribution in [0.25, 0.3) is 112 Å². The zero-order valence-electron chi connectivity index (χ0n) is 36.1. The molecular formula is C61H35N3O3. The SMILES string of the molecule is C=c1oc2ccccc2/c1=C(/C=C\C)c1nc(-c2cccc3oc4ccccc4c23)nc2c1oc1ccc(-c3ccc4c(c3)C3(c5ccccc5-c5ccccc53)c3cc(C#N)ccc3-4)cc12. The number of aromatic nitrogens is 2. The van der Waals surface area contributed by atoms with E-state index in [1.54, 1.807) is 0 Å². The molecule has 67 heavy (non-hydrogen) atoms. The average molecular weight is 858 g/mol. The average Bonchev–Trinajstić information content (AvgIpc) is 4.17. The van der Waals surface area contributed by atoms with Crippen molar-refractivity contribution in [3.63, 3.8) is 0 Å². The molecule has 14 rings (SSSR count). The maximum Gasteiger partial charge on any atom is 0.180 e. The van der Waals surface area contributed by atoms with Gasteiger partial charge < -0.3 is 13.3 Å². The van der Waals surface area contributed by atoms with Gasteiger partial charge in [-0.15, -0.1) is 0 Å². The highest BCUT2D eigenvalue weighted by molar-refractivity contribution is 6.13. The van der Waals surface area contributed by atoms with Gasteiger partial charge in [0.05, 0.1) is 17.0 Å². The third-order valence-corrected chi connectivity index (χ3v) is 14.0. The van der Waals surface area contributed by atoms with E-state index in [1.165, 1.54) is 27.8 Å². The second kappa shape index (κ2) is 13.7. The van der Waals surface area contributed by atoms with E-state index in [9.17, 15) is 5.26 Å². The van der Waals surface area contributed by atoms with Gasteiger partial charge >= 0.3 is 0 Å². The van der Waals surface area contributed by atoms with Gasteiger partial charge in [-0.2, -0.15) is 5.26 Å². The lowest BCUT2D eigenvalue weighted by Crippen LogP contribution is -2.26. The quantitative estimate of drug-likeness (QED) is 0.175. The molecule has 0 unspecified atom stereocenters. The summed E-state index contributed by atoms with van der Waals surface area (Å²) in [6.45, 7) is 6.38. The van der Waals surface area contributed by atoms with Gasteiger partial charge in [-0.1, -0.05) is 140 Å². The van der Waals surface area contributed by atoms with Crippen molar-refractivity contribution >= 4 is 67.1 Å². The summed E-state index contributed by atoms with van der Waals surface area (Å²) in [6, 6.07) is 61.4. The Balaban J connectivity index is 1.04. The van der Waals surface area contributed by atoms with Gasteiger partial charge in [-0.3, -0.25) is 0 Å². The predicted molar refractivity (Wildman–Crippen MR) is 267 cm³/mol. The predicted octanol–water partition coefficient (Wildman–Crippen LogP) is 13.8. The van der Waals surface area contributed by atoms with Crippen LogP contribution in [0, 0.1) is 11.3 Å². The fourth-order valence-corrected chi connectivity index (χ4v) is 11.3. The monoisotopic (exact) mass is 857 g/mol. The van der Waals surface area contributed by atoms with Gasteiger partial charge in [-0.05, 0) is 111 Å². The van der Waals surface area contributed by atoms with Crippen molar-refractivity contribution in [3.8, 4) is 50.8 Å². The fraction of sp³-hybridized carbons (Fsp3) is 0.0328. The standard InChI is InChI=1S/C61H35N3O3/c1-3-13-44(55-34(2)65-51-21-10-6-16-42(51)55)57-59-58(64-60(63-57)45-18-12-23-54-56(45)43-17-7-11-22-52(43)66-54)46-31-36(26-29-53(46)67-59)37-25-28-41-40-27-24-35(33-62)30-49(40)61(50(41)32-37)47-19-8-4-14-38(47)39-15-5-9-20-48(39)61/h3-32H,2H2,1H3/b13-3-,55-44-. The van der Waals surface area contributed by atoms with Crippen LogP contribution in [0.3, 0.4) is 0 Å². The van der Waals surface area contributed by atoms with E-state index < -0.39 is 5.41 Å². The van der Waals surface area contributed by atoms with Crippen molar-refractivity contribution in [3.05, 3.63) is 226 Å². The first-order chi connectivity index (χ1) is 33.0. The van der Waals surface area contributed by atoms with Crippen LogP contribution in [0.5, 0.6) is 0 Å². The minimum atomic E-state index is -0.605. The van der Waals surface area contributed by atoms with Crippen LogP contribution in [0.15, 0.2) is 195 Å². The van der Waals surface area contributed by atoms with Crippen molar-refractivity contribution in [2.45, 2.75) is 12.3 Å². The molecule has 0 atom stereocenters. The molecule has 2 aliphatic rings. The number of benzene rings is 8. The van der Waals surface area contributed by atoms with Crippen LogP contribution in [-0.2, 0) is 5.41 Å². The highest BCUT2D eigenvalue weighted by Gasteiger charge is 2.51. The molecule has 8 aromatic carbocycles. The van der Waals surface area contributed by atoms with Gasteiger partial charge in [0.1, 0.15) is 39.0 Å². The summed E-state index contributed by atoms with van der Waals surface area (Å²) in [5, 5.41) is 14.8. The summed E-state index contributed by atoms with van der Waals surface area (Å²) < 4.78 is 19.5. The zero-order chi connectivity index (χ0) is 44.5. The molecule has 0 saturated heterocycles. The molecule has 4 aromatic heterocycles. The minimum absolute atomic E-state index is 0.539. The molecule has 0 radical (unpaired) electrons. The number of nitriles is 1. The van der Waals surface area contributed by atoms with Gasteiger partial charge in [0.25, 0.3) is 0 Å². The number of rotatable bonds is 4. The Bertz CT molecular complexity index is 4300.